The Hall–Kier alpha value is -3.40. The zero-order valence-corrected chi connectivity index (χ0v) is 21.2. The van der Waals surface area contributed by atoms with Gasteiger partial charge in [-0.05, 0) is 59.3 Å². The van der Waals surface area contributed by atoms with Gasteiger partial charge in [0, 0.05) is 50.4 Å². The lowest BCUT2D eigenvalue weighted by Gasteiger charge is -2.38. The summed E-state index contributed by atoms with van der Waals surface area (Å²) >= 11 is 0. The minimum absolute atomic E-state index is 0.0975. The van der Waals surface area contributed by atoms with E-state index in [1.807, 2.05) is 22.9 Å². The Kier molecular flexibility index (Phi) is 6.82. The van der Waals surface area contributed by atoms with Gasteiger partial charge in [-0.25, -0.2) is 4.68 Å². The predicted molar refractivity (Wildman–Crippen MR) is 141 cm³/mol. The molecule has 9 nitrogen and oxygen atoms in total. The summed E-state index contributed by atoms with van der Waals surface area (Å²) in [4.78, 5) is 21.4. The number of piperazine rings is 1. The van der Waals surface area contributed by atoms with Crippen molar-refractivity contribution < 1.29 is 4.74 Å². The molecule has 4 heterocycles. The fourth-order valence-electron chi connectivity index (χ4n) is 5.59. The lowest BCUT2D eigenvalue weighted by molar-refractivity contribution is 0.0840. The lowest BCUT2D eigenvalue weighted by atomic mass is 10.0. The number of nitrogens with one attached hydrogen (secondary N) is 1. The van der Waals surface area contributed by atoms with Crippen molar-refractivity contribution in [3.8, 4) is 0 Å². The van der Waals surface area contributed by atoms with Gasteiger partial charge in [0.25, 0.3) is 5.56 Å². The van der Waals surface area contributed by atoms with Gasteiger partial charge in [0.05, 0.1) is 12.6 Å². The largest absolute Gasteiger partial charge is 0.376 e. The van der Waals surface area contributed by atoms with Crippen LogP contribution in [0.2, 0.25) is 0 Å². The standard InChI is InChI=1S/C28H33N7O2/c1-20-9-10-25-22(16-20)17-24(28(36)29-25)26(27-30-31-32-35(27)19-23-8-5-15-37-23)34-13-11-33(12-14-34)18-21-6-3-2-4-7-21/h2-4,6-7,9-10,16-17,23,26H,5,8,11-15,18-19H2,1H3,(H,29,36)/t23-,26-/m0/s1. The van der Waals surface area contributed by atoms with E-state index in [0.717, 1.165) is 68.6 Å². The third-order valence-corrected chi connectivity index (χ3v) is 7.55. The van der Waals surface area contributed by atoms with Gasteiger partial charge >= 0.3 is 0 Å². The fourth-order valence-corrected chi connectivity index (χ4v) is 5.59. The molecule has 0 amide bonds. The summed E-state index contributed by atoms with van der Waals surface area (Å²) in [6.07, 6.45) is 2.15. The number of pyridine rings is 1. The summed E-state index contributed by atoms with van der Waals surface area (Å²) < 4.78 is 7.72. The van der Waals surface area contributed by atoms with Crippen LogP contribution in [0.5, 0.6) is 0 Å². The Bertz CT molecular complexity index is 1400. The van der Waals surface area contributed by atoms with Crippen molar-refractivity contribution in [2.75, 3.05) is 32.8 Å². The number of aryl methyl sites for hydroxylation is 1. The van der Waals surface area contributed by atoms with Gasteiger partial charge in [-0.2, -0.15) is 0 Å². The molecule has 2 aromatic carbocycles. The molecule has 1 N–H and O–H groups in total. The Morgan fingerprint density at radius 2 is 1.92 bits per heavy atom. The second kappa shape index (κ2) is 10.5. The van der Waals surface area contributed by atoms with Crippen LogP contribution in [0, 0.1) is 6.92 Å². The number of hydrogen-bond acceptors (Lipinski definition) is 7. The minimum Gasteiger partial charge on any atom is -0.376 e. The van der Waals surface area contributed by atoms with E-state index >= 15 is 0 Å². The molecule has 2 aromatic heterocycles. The van der Waals surface area contributed by atoms with E-state index < -0.39 is 0 Å². The highest BCUT2D eigenvalue weighted by Crippen LogP contribution is 2.29. The molecule has 0 unspecified atom stereocenters. The van der Waals surface area contributed by atoms with Gasteiger partial charge in [0.2, 0.25) is 0 Å². The molecule has 2 aliphatic heterocycles. The number of aromatic nitrogens is 5. The Morgan fingerprint density at radius 1 is 1.08 bits per heavy atom. The fraction of sp³-hybridized carbons (Fsp3) is 0.429. The average molecular weight is 500 g/mol. The van der Waals surface area contributed by atoms with E-state index in [0.29, 0.717) is 17.9 Å². The van der Waals surface area contributed by atoms with Crippen LogP contribution in [0.15, 0.2) is 59.4 Å². The molecule has 0 spiro atoms. The normalized spacial score (nSPS) is 20.0. The molecule has 9 heteroatoms. The third-order valence-electron chi connectivity index (χ3n) is 7.55. The third kappa shape index (κ3) is 5.20. The van der Waals surface area contributed by atoms with Crippen LogP contribution in [0.4, 0.5) is 0 Å². The van der Waals surface area contributed by atoms with Crippen LogP contribution in [-0.4, -0.2) is 73.9 Å². The first-order valence-corrected chi connectivity index (χ1v) is 13.2. The number of rotatable bonds is 7. The summed E-state index contributed by atoms with van der Waals surface area (Å²) in [5.41, 5.74) is 3.89. The second-order valence-electron chi connectivity index (χ2n) is 10.2. The molecule has 0 radical (unpaired) electrons. The number of benzene rings is 2. The van der Waals surface area contributed by atoms with Gasteiger partial charge in [0.15, 0.2) is 5.82 Å². The summed E-state index contributed by atoms with van der Waals surface area (Å²) in [7, 11) is 0. The zero-order chi connectivity index (χ0) is 25.2. The number of hydrogen-bond donors (Lipinski definition) is 1. The Morgan fingerprint density at radius 3 is 2.70 bits per heavy atom. The number of aromatic amines is 1. The van der Waals surface area contributed by atoms with Crippen LogP contribution in [-0.2, 0) is 17.8 Å². The van der Waals surface area contributed by atoms with Gasteiger partial charge in [-0.15, -0.1) is 5.10 Å². The first-order chi connectivity index (χ1) is 18.1. The van der Waals surface area contributed by atoms with Gasteiger partial charge in [-0.1, -0.05) is 42.0 Å². The molecule has 0 saturated carbocycles. The quantitative estimate of drug-likeness (QED) is 0.418. The van der Waals surface area contributed by atoms with E-state index in [9.17, 15) is 4.79 Å². The Balaban J connectivity index is 1.33. The van der Waals surface area contributed by atoms with E-state index in [2.05, 4.69) is 73.6 Å². The average Bonchev–Trinajstić information content (AvgIpc) is 3.59. The molecule has 2 saturated heterocycles. The van der Waals surface area contributed by atoms with E-state index in [1.165, 1.54) is 5.56 Å². The SMILES string of the molecule is Cc1ccc2[nH]c(=O)c([C@@H](c3nnnn3C[C@@H]3CCCO3)N3CCN(Cc4ccccc4)CC3)cc2c1. The summed E-state index contributed by atoms with van der Waals surface area (Å²) in [5, 5.41) is 13.9. The molecular weight excluding hydrogens is 466 g/mol. The monoisotopic (exact) mass is 499 g/mol. The highest BCUT2D eigenvalue weighted by molar-refractivity contribution is 5.79. The van der Waals surface area contributed by atoms with Gasteiger partial charge < -0.3 is 9.72 Å². The van der Waals surface area contributed by atoms with Crippen LogP contribution < -0.4 is 5.56 Å². The molecule has 192 valence electrons. The molecule has 37 heavy (non-hydrogen) atoms. The summed E-state index contributed by atoms with van der Waals surface area (Å²) in [6, 6.07) is 18.3. The topological polar surface area (TPSA) is 92.2 Å². The van der Waals surface area contributed by atoms with E-state index in [4.69, 9.17) is 4.74 Å². The van der Waals surface area contributed by atoms with Gasteiger partial charge in [-0.3, -0.25) is 14.6 Å². The molecule has 2 fully saturated rings. The first kappa shape index (κ1) is 24.0. The summed E-state index contributed by atoms with van der Waals surface area (Å²) in [6.45, 7) is 7.80. The van der Waals surface area contributed by atoms with E-state index in [1.54, 1.807) is 0 Å². The number of H-pyrrole nitrogens is 1. The van der Waals surface area contributed by atoms with Crippen LogP contribution in [0.3, 0.4) is 0 Å². The molecule has 2 atom stereocenters. The van der Waals surface area contributed by atoms with Crippen molar-refractivity contribution >= 4 is 10.9 Å². The number of tetrazole rings is 1. The number of fused-ring (bicyclic) bond motifs is 1. The van der Waals surface area contributed by atoms with Crippen molar-refractivity contribution in [2.45, 2.75) is 45.0 Å². The summed E-state index contributed by atoms with van der Waals surface area (Å²) in [5.74, 6) is 0.699. The van der Waals surface area contributed by atoms with Crippen molar-refractivity contribution in [2.24, 2.45) is 0 Å². The van der Waals surface area contributed by atoms with Crippen molar-refractivity contribution in [1.29, 1.82) is 0 Å². The first-order valence-electron chi connectivity index (χ1n) is 13.2. The maximum Gasteiger partial charge on any atom is 0.253 e. The maximum absolute atomic E-state index is 13.5. The molecule has 0 bridgehead atoms. The second-order valence-corrected chi connectivity index (χ2v) is 10.2. The van der Waals surface area contributed by atoms with Crippen molar-refractivity contribution in [1.82, 2.24) is 35.0 Å². The highest BCUT2D eigenvalue weighted by atomic mass is 16.5. The van der Waals surface area contributed by atoms with Crippen molar-refractivity contribution in [3.05, 3.63) is 87.5 Å². The molecule has 6 rings (SSSR count). The molecule has 2 aliphatic rings. The van der Waals surface area contributed by atoms with Crippen molar-refractivity contribution in [3.63, 3.8) is 0 Å². The predicted octanol–water partition coefficient (Wildman–Crippen LogP) is 2.91. The van der Waals surface area contributed by atoms with Crippen LogP contribution in [0.1, 0.15) is 41.4 Å². The van der Waals surface area contributed by atoms with Crippen LogP contribution >= 0.6 is 0 Å². The zero-order valence-electron chi connectivity index (χ0n) is 21.2. The molecule has 4 aromatic rings. The highest BCUT2D eigenvalue weighted by Gasteiger charge is 2.33. The lowest BCUT2D eigenvalue weighted by Crippen LogP contribution is -2.48. The minimum atomic E-state index is -0.344. The van der Waals surface area contributed by atoms with E-state index in [-0.39, 0.29) is 17.7 Å². The van der Waals surface area contributed by atoms with Gasteiger partial charge in [0.1, 0.15) is 6.04 Å². The smallest absolute Gasteiger partial charge is 0.253 e. The maximum atomic E-state index is 13.5. The number of nitrogens with zero attached hydrogens (tertiary/aromatic N) is 6. The molecule has 0 aliphatic carbocycles. The van der Waals surface area contributed by atoms with Crippen LogP contribution in [0.25, 0.3) is 10.9 Å². The Labute approximate surface area is 216 Å². The number of ether oxygens (including phenoxy) is 1. The molecular formula is C28H33N7O2.